The number of halogens is 2. The largest absolute Gasteiger partial charge is 0.352 e. The third-order valence-electron chi connectivity index (χ3n) is 6.85. The summed E-state index contributed by atoms with van der Waals surface area (Å²) in [4.78, 5) is 15.4. The molecule has 1 atom stereocenters. The van der Waals surface area contributed by atoms with Gasteiger partial charge >= 0.3 is 0 Å². The lowest BCUT2D eigenvalue weighted by Gasteiger charge is -2.31. The zero-order valence-corrected chi connectivity index (χ0v) is 22.2. The Morgan fingerprint density at radius 2 is 1.63 bits per heavy atom. The second-order valence-electron chi connectivity index (χ2n) is 9.53. The molecular formula is C26H33Cl2N3O3S. The van der Waals surface area contributed by atoms with Crippen LogP contribution in [0.1, 0.15) is 48.8 Å². The van der Waals surface area contributed by atoms with Crippen molar-refractivity contribution in [1.29, 1.82) is 0 Å². The van der Waals surface area contributed by atoms with Gasteiger partial charge in [-0.05, 0) is 62.0 Å². The summed E-state index contributed by atoms with van der Waals surface area (Å²) < 4.78 is 27.6. The molecule has 2 aromatic rings. The maximum Gasteiger partial charge on any atom is 0.224 e. The fourth-order valence-electron chi connectivity index (χ4n) is 4.90. The van der Waals surface area contributed by atoms with E-state index in [9.17, 15) is 13.2 Å². The van der Waals surface area contributed by atoms with E-state index in [-0.39, 0.29) is 24.1 Å². The van der Waals surface area contributed by atoms with E-state index < -0.39 is 10.0 Å². The SMILES string of the molecule is O=C(NCc1cccc(CN2CCCCC2)c1)[C@@H]1CCCN(S(=O)(=O)Cc2c(Cl)cccc2Cl)C1. The molecule has 2 aliphatic heterocycles. The number of nitrogens with one attached hydrogen (secondary N) is 1. The standard InChI is InChI=1S/C26H33Cl2N3O3S/c27-24-10-5-11-25(28)23(24)19-35(33,34)31-14-6-9-22(18-31)26(32)29-16-20-7-4-8-21(15-20)17-30-12-2-1-3-13-30/h4-5,7-8,10-11,15,22H,1-3,6,9,12-14,16-19H2,(H,29,32)/t22-/m1/s1. The molecule has 2 aliphatic rings. The summed E-state index contributed by atoms with van der Waals surface area (Å²) in [5, 5.41) is 3.68. The van der Waals surface area contributed by atoms with Crippen LogP contribution >= 0.6 is 23.2 Å². The highest BCUT2D eigenvalue weighted by Gasteiger charge is 2.33. The first-order valence-electron chi connectivity index (χ1n) is 12.3. The van der Waals surface area contributed by atoms with Crippen LogP contribution in [0.4, 0.5) is 0 Å². The van der Waals surface area contributed by atoms with Gasteiger partial charge < -0.3 is 5.32 Å². The molecule has 0 aromatic heterocycles. The first-order chi connectivity index (χ1) is 16.8. The summed E-state index contributed by atoms with van der Waals surface area (Å²) in [7, 11) is -3.65. The van der Waals surface area contributed by atoms with Gasteiger partial charge in [0.25, 0.3) is 0 Å². The zero-order valence-electron chi connectivity index (χ0n) is 19.9. The molecule has 1 N–H and O–H groups in total. The highest BCUT2D eigenvalue weighted by atomic mass is 35.5. The molecule has 35 heavy (non-hydrogen) atoms. The minimum atomic E-state index is -3.65. The first kappa shape index (κ1) is 26.4. The molecule has 2 heterocycles. The summed E-state index contributed by atoms with van der Waals surface area (Å²) in [6.45, 7) is 4.23. The van der Waals surface area contributed by atoms with E-state index >= 15 is 0 Å². The van der Waals surface area contributed by atoms with E-state index in [1.165, 1.54) is 29.1 Å². The van der Waals surface area contributed by atoms with Crippen molar-refractivity contribution in [2.45, 2.75) is 50.9 Å². The molecule has 4 rings (SSSR count). The molecule has 190 valence electrons. The fourth-order valence-corrected chi connectivity index (χ4v) is 7.26. The minimum absolute atomic E-state index is 0.109. The Bertz CT molecular complexity index is 1120. The Hall–Kier alpha value is -1.64. The molecule has 2 fully saturated rings. The number of piperidine rings is 2. The monoisotopic (exact) mass is 537 g/mol. The number of benzene rings is 2. The molecule has 1 amide bonds. The van der Waals surface area contributed by atoms with E-state index in [2.05, 4.69) is 22.3 Å². The number of likely N-dealkylation sites (tertiary alicyclic amines) is 1. The summed E-state index contributed by atoms with van der Waals surface area (Å²) in [6, 6.07) is 13.3. The smallest absolute Gasteiger partial charge is 0.224 e. The van der Waals surface area contributed by atoms with Gasteiger partial charge in [0.2, 0.25) is 15.9 Å². The van der Waals surface area contributed by atoms with Crippen LogP contribution in [-0.4, -0.2) is 49.7 Å². The molecule has 0 spiro atoms. The van der Waals surface area contributed by atoms with E-state index in [1.807, 2.05) is 12.1 Å². The van der Waals surface area contributed by atoms with Crippen LogP contribution in [0.5, 0.6) is 0 Å². The molecule has 0 bridgehead atoms. The molecule has 0 radical (unpaired) electrons. The van der Waals surface area contributed by atoms with Crippen molar-refractivity contribution >= 4 is 39.1 Å². The van der Waals surface area contributed by atoms with Crippen molar-refractivity contribution in [3.05, 3.63) is 69.2 Å². The topological polar surface area (TPSA) is 69.7 Å². The molecule has 0 unspecified atom stereocenters. The van der Waals surface area contributed by atoms with Crippen LogP contribution in [0.3, 0.4) is 0 Å². The predicted octanol–water partition coefficient (Wildman–Crippen LogP) is 4.84. The second-order valence-corrected chi connectivity index (χ2v) is 12.3. The number of rotatable bonds is 8. The van der Waals surface area contributed by atoms with E-state index in [0.717, 1.165) is 25.2 Å². The van der Waals surface area contributed by atoms with Crippen molar-refractivity contribution in [2.24, 2.45) is 5.92 Å². The number of hydrogen-bond acceptors (Lipinski definition) is 4. The third-order valence-corrected chi connectivity index (χ3v) is 9.33. The maximum absolute atomic E-state index is 13.1. The lowest BCUT2D eigenvalue weighted by molar-refractivity contribution is -0.126. The van der Waals surface area contributed by atoms with Gasteiger partial charge in [0.1, 0.15) is 0 Å². The van der Waals surface area contributed by atoms with Crippen molar-refractivity contribution in [3.8, 4) is 0 Å². The summed E-state index contributed by atoms with van der Waals surface area (Å²) in [5.74, 6) is -0.761. The zero-order chi connectivity index (χ0) is 24.8. The second kappa shape index (κ2) is 12.1. The van der Waals surface area contributed by atoms with E-state index in [4.69, 9.17) is 23.2 Å². The van der Waals surface area contributed by atoms with Crippen LogP contribution in [0.25, 0.3) is 0 Å². The van der Waals surface area contributed by atoms with E-state index in [0.29, 0.717) is 41.5 Å². The van der Waals surface area contributed by atoms with Crippen LogP contribution in [0.15, 0.2) is 42.5 Å². The Kier molecular flexibility index (Phi) is 9.11. The summed E-state index contributed by atoms with van der Waals surface area (Å²) >= 11 is 12.4. The van der Waals surface area contributed by atoms with Crippen molar-refractivity contribution in [1.82, 2.24) is 14.5 Å². The molecule has 6 nitrogen and oxygen atoms in total. The minimum Gasteiger partial charge on any atom is -0.352 e. The molecule has 0 saturated carbocycles. The van der Waals surface area contributed by atoms with E-state index in [1.54, 1.807) is 18.2 Å². The lowest BCUT2D eigenvalue weighted by Crippen LogP contribution is -2.45. The van der Waals surface area contributed by atoms with Gasteiger partial charge in [-0.15, -0.1) is 0 Å². The maximum atomic E-state index is 13.1. The van der Waals surface area contributed by atoms with Gasteiger partial charge in [-0.25, -0.2) is 12.7 Å². The van der Waals surface area contributed by atoms with Gasteiger partial charge in [-0.1, -0.05) is 60.0 Å². The summed E-state index contributed by atoms with van der Waals surface area (Å²) in [5.41, 5.74) is 2.71. The first-order valence-corrected chi connectivity index (χ1v) is 14.7. The molecule has 0 aliphatic carbocycles. The van der Waals surface area contributed by atoms with Gasteiger partial charge in [-0.3, -0.25) is 9.69 Å². The van der Waals surface area contributed by atoms with Gasteiger partial charge in [0.15, 0.2) is 0 Å². The molecular weight excluding hydrogens is 505 g/mol. The van der Waals surface area contributed by atoms with Gasteiger partial charge in [0.05, 0.1) is 11.7 Å². The Balaban J connectivity index is 1.32. The predicted molar refractivity (Wildman–Crippen MR) is 141 cm³/mol. The number of carbonyl (C=O) groups excluding carboxylic acids is 1. The van der Waals surface area contributed by atoms with Crippen LogP contribution in [-0.2, 0) is 33.7 Å². The lowest BCUT2D eigenvalue weighted by atomic mass is 9.98. The van der Waals surface area contributed by atoms with Crippen molar-refractivity contribution in [3.63, 3.8) is 0 Å². The number of carbonyl (C=O) groups is 1. The molecule has 2 aromatic carbocycles. The number of sulfonamides is 1. The van der Waals surface area contributed by atoms with Gasteiger partial charge in [0, 0.05) is 41.8 Å². The van der Waals surface area contributed by atoms with Crippen LogP contribution in [0, 0.1) is 5.92 Å². The molecule has 2 saturated heterocycles. The Labute approximate surface area is 218 Å². The quantitative estimate of drug-likeness (QED) is 0.523. The van der Waals surface area contributed by atoms with Crippen LogP contribution in [0.2, 0.25) is 10.0 Å². The highest BCUT2D eigenvalue weighted by molar-refractivity contribution is 7.88. The fraction of sp³-hybridized carbons (Fsp3) is 0.500. The number of amides is 1. The van der Waals surface area contributed by atoms with Crippen molar-refractivity contribution < 1.29 is 13.2 Å². The highest BCUT2D eigenvalue weighted by Crippen LogP contribution is 2.29. The van der Waals surface area contributed by atoms with Crippen LogP contribution < -0.4 is 5.32 Å². The average molecular weight is 539 g/mol. The van der Waals surface area contributed by atoms with Crippen molar-refractivity contribution in [2.75, 3.05) is 26.2 Å². The normalized spacial score (nSPS) is 20.0. The Morgan fingerprint density at radius 1 is 0.943 bits per heavy atom. The number of hydrogen-bond donors (Lipinski definition) is 1. The number of nitrogens with zero attached hydrogens (tertiary/aromatic N) is 2. The average Bonchev–Trinajstić information content (AvgIpc) is 2.86. The summed E-state index contributed by atoms with van der Waals surface area (Å²) in [6.07, 6.45) is 5.14. The Morgan fingerprint density at radius 3 is 2.37 bits per heavy atom. The molecule has 9 heteroatoms. The third kappa shape index (κ3) is 7.20. The van der Waals surface area contributed by atoms with Gasteiger partial charge in [-0.2, -0.15) is 0 Å².